The summed E-state index contributed by atoms with van der Waals surface area (Å²) in [7, 11) is 0. The van der Waals surface area contributed by atoms with Crippen LogP contribution in [0.25, 0.3) is 0 Å². The predicted molar refractivity (Wildman–Crippen MR) is 83.6 cm³/mol. The Balaban J connectivity index is 2.30. The van der Waals surface area contributed by atoms with Crippen LogP contribution >= 0.6 is 0 Å². The van der Waals surface area contributed by atoms with Crippen molar-refractivity contribution in [1.29, 1.82) is 0 Å². The third-order valence-corrected chi connectivity index (χ3v) is 3.65. The second kappa shape index (κ2) is 7.22. The molecule has 2 N–H and O–H groups in total. The second-order valence-electron chi connectivity index (χ2n) is 5.45. The molecule has 0 aliphatic heterocycles. The van der Waals surface area contributed by atoms with Crippen molar-refractivity contribution in [2.45, 2.75) is 25.9 Å². The van der Waals surface area contributed by atoms with Crippen molar-refractivity contribution < 1.29 is 5.11 Å². The van der Waals surface area contributed by atoms with E-state index in [0.717, 1.165) is 0 Å². The Hall–Kier alpha value is -1.64. The molecule has 0 radical (unpaired) electrons. The highest BCUT2D eigenvalue weighted by molar-refractivity contribution is 5.31. The summed E-state index contributed by atoms with van der Waals surface area (Å²) in [5, 5.41) is 13.2. The zero-order chi connectivity index (χ0) is 14.4. The Morgan fingerprint density at radius 3 is 1.65 bits per heavy atom. The molecule has 0 spiro atoms. The lowest BCUT2D eigenvalue weighted by molar-refractivity contribution is 0.204. The lowest BCUT2D eigenvalue weighted by atomic mass is 9.95. The van der Waals surface area contributed by atoms with Gasteiger partial charge in [-0.3, -0.25) is 0 Å². The molecule has 2 aromatic rings. The number of aliphatic hydroxyl groups is 1. The molecule has 0 aliphatic carbocycles. The second-order valence-corrected chi connectivity index (χ2v) is 5.45. The summed E-state index contributed by atoms with van der Waals surface area (Å²) >= 11 is 0. The fraction of sp³-hybridized carbons (Fsp3) is 0.333. The van der Waals surface area contributed by atoms with E-state index >= 15 is 0 Å². The molecule has 2 aromatic carbocycles. The molecule has 0 bridgehead atoms. The maximum Gasteiger partial charge on any atom is 0.0587 e. The van der Waals surface area contributed by atoms with Gasteiger partial charge in [0.15, 0.2) is 0 Å². The summed E-state index contributed by atoms with van der Waals surface area (Å²) in [5.74, 6) is 0.384. The minimum atomic E-state index is 0.0837. The molecule has 0 saturated heterocycles. The number of rotatable bonds is 6. The molecule has 0 amide bonds. The molecule has 0 aliphatic rings. The Morgan fingerprint density at radius 2 is 1.30 bits per heavy atom. The van der Waals surface area contributed by atoms with E-state index in [1.165, 1.54) is 11.1 Å². The number of hydrogen-bond donors (Lipinski definition) is 2. The van der Waals surface area contributed by atoms with Crippen LogP contribution in [0.5, 0.6) is 0 Å². The fourth-order valence-corrected chi connectivity index (χ4v) is 2.35. The maximum atomic E-state index is 9.58. The summed E-state index contributed by atoms with van der Waals surface area (Å²) in [6.07, 6.45) is 0. The van der Waals surface area contributed by atoms with Gasteiger partial charge < -0.3 is 10.4 Å². The van der Waals surface area contributed by atoms with E-state index in [9.17, 15) is 5.11 Å². The Morgan fingerprint density at radius 1 is 0.850 bits per heavy atom. The van der Waals surface area contributed by atoms with Crippen molar-refractivity contribution in [2.24, 2.45) is 5.92 Å². The molecule has 106 valence electrons. The van der Waals surface area contributed by atoms with E-state index in [4.69, 9.17) is 0 Å². The number of hydrogen-bond acceptors (Lipinski definition) is 2. The van der Waals surface area contributed by atoms with Gasteiger partial charge in [0, 0.05) is 6.04 Å². The van der Waals surface area contributed by atoms with Crippen LogP contribution in [-0.4, -0.2) is 17.8 Å². The monoisotopic (exact) mass is 269 g/mol. The van der Waals surface area contributed by atoms with Gasteiger partial charge in [0.05, 0.1) is 12.6 Å². The summed E-state index contributed by atoms with van der Waals surface area (Å²) in [6.45, 7) is 4.40. The SMILES string of the molecule is CC(C)C(CO)NC(c1ccccc1)c1ccccc1. The van der Waals surface area contributed by atoms with Crippen molar-refractivity contribution in [3.05, 3.63) is 71.8 Å². The van der Waals surface area contributed by atoms with Crippen LogP contribution in [-0.2, 0) is 0 Å². The van der Waals surface area contributed by atoms with Gasteiger partial charge in [0.2, 0.25) is 0 Å². The van der Waals surface area contributed by atoms with Crippen molar-refractivity contribution >= 4 is 0 Å². The van der Waals surface area contributed by atoms with Crippen LogP contribution in [0.2, 0.25) is 0 Å². The first-order chi connectivity index (χ1) is 9.72. The zero-order valence-corrected chi connectivity index (χ0v) is 12.2. The largest absolute Gasteiger partial charge is 0.395 e. The van der Waals surface area contributed by atoms with Crippen LogP contribution in [0, 0.1) is 5.92 Å². The molecule has 0 saturated carbocycles. The van der Waals surface area contributed by atoms with Gasteiger partial charge in [0.25, 0.3) is 0 Å². The Kier molecular flexibility index (Phi) is 5.33. The van der Waals surface area contributed by atoms with Gasteiger partial charge in [-0.2, -0.15) is 0 Å². The highest BCUT2D eigenvalue weighted by Gasteiger charge is 2.20. The topological polar surface area (TPSA) is 32.3 Å². The van der Waals surface area contributed by atoms with Gasteiger partial charge in [-0.15, -0.1) is 0 Å². The van der Waals surface area contributed by atoms with E-state index in [1.54, 1.807) is 0 Å². The van der Waals surface area contributed by atoms with Crippen LogP contribution in [0.4, 0.5) is 0 Å². The third-order valence-electron chi connectivity index (χ3n) is 3.65. The van der Waals surface area contributed by atoms with Gasteiger partial charge in [-0.25, -0.2) is 0 Å². The molecule has 1 atom stereocenters. The van der Waals surface area contributed by atoms with Crippen molar-refractivity contribution in [2.75, 3.05) is 6.61 Å². The van der Waals surface area contributed by atoms with Crippen molar-refractivity contribution in [3.8, 4) is 0 Å². The first-order valence-corrected chi connectivity index (χ1v) is 7.19. The van der Waals surface area contributed by atoms with Crippen LogP contribution in [0.3, 0.4) is 0 Å². The maximum absolute atomic E-state index is 9.58. The summed E-state index contributed by atoms with van der Waals surface area (Å²) in [4.78, 5) is 0. The molecular formula is C18H23NO. The highest BCUT2D eigenvalue weighted by Crippen LogP contribution is 2.23. The summed E-state index contributed by atoms with van der Waals surface area (Å²) < 4.78 is 0. The zero-order valence-electron chi connectivity index (χ0n) is 12.2. The van der Waals surface area contributed by atoms with Gasteiger partial charge in [-0.05, 0) is 17.0 Å². The lowest BCUT2D eigenvalue weighted by Gasteiger charge is -2.28. The van der Waals surface area contributed by atoms with Gasteiger partial charge >= 0.3 is 0 Å². The molecule has 0 fully saturated rings. The van der Waals surface area contributed by atoms with Crippen LogP contribution in [0.15, 0.2) is 60.7 Å². The Bertz CT molecular complexity index is 456. The smallest absolute Gasteiger partial charge is 0.0587 e. The summed E-state index contributed by atoms with van der Waals surface area (Å²) in [5.41, 5.74) is 2.44. The van der Waals surface area contributed by atoms with Gasteiger partial charge in [-0.1, -0.05) is 74.5 Å². The Labute approximate surface area is 121 Å². The molecule has 20 heavy (non-hydrogen) atoms. The quantitative estimate of drug-likeness (QED) is 0.842. The molecule has 2 nitrogen and oxygen atoms in total. The van der Waals surface area contributed by atoms with E-state index in [0.29, 0.717) is 5.92 Å². The molecular weight excluding hydrogens is 246 g/mol. The third kappa shape index (κ3) is 3.69. The number of aliphatic hydroxyl groups excluding tert-OH is 1. The first kappa shape index (κ1) is 14.8. The van der Waals surface area contributed by atoms with E-state index < -0.39 is 0 Å². The average Bonchev–Trinajstić information content (AvgIpc) is 2.50. The molecule has 2 heteroatoms. The normalized spacial score (nSPS) is 12.8. The van der Waals surface area contributed by atoms with Crippen LogP contribution in [0.1, 0.15) is 31.0 Å². The van der Waals surface area contributed by atoms with Gasteiger partial charge in [0.1, 0.15) is 0 Å². The lowest BCUT2D eigenvalue weighted by Crippen LogP contribution is -2.40. The molecule has 1 unspecified atom stereocenters. The number of benzene rings is 2. The van der Waals surface area contributed by atoms with Crippen LogP contribution < -0.4 is 5.32 Å². The average molecular weight is 269 g/mol. The molecule has 0 heterocycles. The van der Waals surface area contributed by atoms with E-state index in [1.807, 2.05) is 12.1 Å². The molecule has 2 rings (SSSR count). The first-order valence-electron chi connectivity index (χ1n) is 7.19. The standard InChI is InChI=1S/C18H23NO/c1-14(2)17(13-20)19-18(15-9-5-3-6-10-15)16-11-7-4-8-12-16/h3-12,14,17-20H,13H2,1-2H3. The highest BCUT2D eigenvalue weighted by atomic mass is 16.3. The number of nitrogens with one attached hydrogen (secondary N) is 1. The molecule has 0 aromatic heterocycles. The minimum Gasteiger partial charge on any atom is -0.395 e. The van der Waals surface area contributed by atoms with Crippen molar-refractivity contribution in [3.63, 3.8) is 0 Å². The van der Waals surface area contributed by atoms with Crippen molar-refractivity contribution in [1.82, 2.24) is 5.32 Å². The summed E-state index contributed by atoms with van der Waals surface area (Å²) in [6, 6.07) is 20.9. The van der Waals surface area contributed by atoms with E-state index in [-0.39, 0.29) is 18.7 Å². The van der Waals surface area contributed by atoms with E-state index in [2.05, 4.69) is 67.7 Å². The predicted octanol–water partition coefficient (Wildman–Crippen LogP) is 3.38. The minimum absolute atomic E-state index is 0.0837. The fourth-order valence-electron chi connectivity index (χ4n) is 2.35.